The zero-order valence-corrected chi connectivity index (χ0v) is 17.4. The molecule has 0 spiro atoms. The number of nitrogens with zero attached hydrogens (tertiary/aromatic N) is 2. The Morgan fingerprint density at radius 1 is 1.50 bits per heavy atom. The summed E-state index contributed by atoms with van der Waals surface area (Å²) in [7, 11) is -4.03. The summed E-state index contributed by atoms with van der Waals surface area (Å²) in [5.74, 6) is -4.44. The van der Waals surface area contributed by atoms with Crippen LogP contribution < -0.4 is 16.7 Å². The average molecular weight is 452 g/mol. The van der Waals surface area contributed by atoms with E-state index >= 15 is 0 Å². The van der Waals surface area contributed by atoms with Crippen molar-refractivity contribution in [3.63, 3.8) is 0 Å². The molecule has 0 aliphatic carbocycles. The van der Waals surface area contributed by atoms with Gasteiger partial charge in [-0.3, -0.25) is 23.8 Å². The largest absolute Gasteiger partial charge is 0.462 e. The number of nitrogens with two attached hydrogens (primary N) is 1. The molecule has 0 amide bonds. The molecule has 168 valence electrons. The van der Waals surface area contributed by atoms with Crippen molar-refractivity contribution in [3.8, 4) is 0 Å². The van der Waals surface area contributed by atoms with Crippen LogP contribution in [0.3, 0.4) is 0 Å². The third-order valence-corrected chi connectivity index (χ3v) is 6.12. The second kappa shape index (κ2) is 8.31. The number of ether oxygens (including phenoxy) is 2. The Labute approximate surface area is 170 Å². The van der Waals surface area contributed by atoms with Crippen LogP contribution in [0, 0.1) is 0 Å². The van der Waals surface area contributed by atoms with Crippen molar-refractivity contribution < 1.29 is 36.7 Å². The van der Waals surface area contributed by atoms with Gasteiger partial charge in [-0.15, -0.1) is 0 Å². The lowest BCUT2D eigenvalue weighted by atomic mass is 10.1. The number of carbonyl (C=O) groups is 1. The van der Waals surface area contributed by atoms with Gasteiger partial charge in [0.05, 0.1) is 19.0 Å². The van der Waals surface area contributed by atoms with Gasteiger partial charge >= 0.3 is 25.2 Å². The van der Waals surface area contributed by atoms with Gasteiger partial charge in [-0.05, 0) is 26.8 Å². The van der Waals surface area contributed by atoms with Crippen molar-refractivity contribution in [2.24, 2.45) is 0 Å². The molecular formula is C16H23F2N4O7P. The van der Waals surface area contributed by atoms with Crippen molar-refractivity contribution in [3.05, 3.63) is 22.7 Å². The summed E-state index contributed by atoms with van der Waals surface area (Å²) >= 11 is 0. The summed E-state index contributed by atoms with van der Waals surface area (Å²) in [5.41, 5.74) is 4.35. The number of hydrogen-bond donors (Lipinski definition) is 2. The lowest BCUT2D eigenvalue weighted by Gasteiger charge is -2.33. The molecule has 2 fully saturated rings. The average Bonchev–Trinajstić information content (AvgIpc) is 2.90. The number of fused-ring (bicyclic) bond motifs is 1. The molecular weight excluding hydrogens is 429 g/mol. The molecule has 0 radical (unpaired) electrons. The maximum absolute atomic E-state index is 15.0. The van der Waals surface area contributed by atoms with Gasteiger partial charge in [0.15, 0.2) is 6.10 Å². The van der Waals surface area contributed by atoms with E-state index in [0.29, 0.717) is 4.57 Å². The SMILES string of the molecule is CC(C)OC(=O)[C@H](C)NCP1(=O)OC[C@H]2O[C@@H](n3ccc(N)nc3=O)C(F)(F)[C@@H]2O1. The van der Waals surface area contributed by atoms with Crippen LogP contribution >= 0.6 is 7.60 Å². The first-order valence-corrected chi connectivity index (χ1v) is 10.9. The van der Waals surface area contributed by atoms with Gasteiger partial charge in [0.2, 0.25) is 6.23 Å². The summed E-state index contributed by atoms with van der Waals surface area (Å²) in [6.45, 7) is 4.35. The predicted octanol–water partition coefficient (Wildman–Crippen LogP) is 0.854. The second-order valence-corrected chi connectivity index (χ2v) is 9.25. The minimum atomic E-state index is -4.03. The molecule has 1 aromatic rings. The Kier molecular flexibility index (Phi) is 6.30. The van der Waals surface area contributed by atoms with Crippen LogP contribution in [0.1, 0.15) is 27.0 Å². The van der Waals surface area contributed by atoms with E-state index < -0.39 is 62.5 Å². The van der Waals surface area contributed by atoms with Crippen molar-refractivity contribution >= 4 is 19.4 Å². The van der Waals surface area contributed by atoms with E-state index in [1.165, 1.54) is 13.0 Å². The van der Waals surface area contributed by atoms with Crippen LogP contribution in [0.25, 0.3) is 0 Å². The summed E-state index contributed by atoms with van der Waals surface area (Å²) < 4.78 is 63.9. The fraction of sp³-hybridized carbons (Fsp3) is 0.688. The molecule has 14 heteroatoms. The van der Waals surface area contributed by atoms with Crippen LogP contribution in [0.2, 0.25) is 0 Å². The van der Waals surface area contributed by atoms with Crippen LogP contribution in [0.5, 0.6) is 0 Å². The minimum absolute atomic E-state index is 0.129. The molecule has 3 heterocycles. The van der Waals surface area contributed by atoms with Gasteiger partial charge in [0.1, 0.15) is 18.0 Å². The maximum Gasteiger partial charge on any atom is 0.351 e. The van der Waals surface area contributed by atoms with Gasteiger partial charge in [-0.1, -0.05) is 0 Å². The molecule has 0 aromatic carbocycles. The molecule has 30 heavy (non-hydrogen) atoms. The van der Waals surface area contributed by atoms with E-state index in [0.717, 1.165) is 6.20 Å². The number of anilines is 1. The lowest BCUT2D eigenvalue weighted by Crippen LogP contribution is -2.46. The quantitative estimate of drug-likeness (QED) is 0.471. The van der Waals surface area contributed by atoms with Crippen LogP contribution in [-0.2, 0) is 27.9 Å². The third kappa shape index (κ3) is 4.54. The number of hydrogen-bond acceptors (Lipinski definition) is 10. The molecule has 2 aliphatic heterocycles. The van der Waals surface area contributed by atoms with Crippen LogP contribution in [0.15, 0.2) is 17.1 Å². The lowest BCUT2D eigenvalue weighted by molar-refractivity contribution is -0.149. The minimum Gasteiger partial charge on any atom is -0.462 e. The van der Waals surface area contributed by atoms with Gasteiger partial charge in [-0.2, -0.15) is 13.8 Å². The molecule has 11 nitrogen and oxygen atoms in total. The smallest absolute Gasteiger partial charge is 0.351 e. The van der Waals surface area contributed by atoms with Crippen molar-refractivity contribution in [2.45, 2.75) is 57.3 Å². The number of rotatable bonds is 6. The van der Waals surface area contributed by atoms with E-state index in [-0.39, 0.29) is 11.9 Å². The number of alkyl halides is 2. The first-order chi connectivity index (χ1) is 13.9. The Hall–Kier alpha value is -1.92. The Morgan fingerprint density at radius 2 is 2.20 bits per heavy atom. The van der Waals surface area contributed by atoms with E-state index in [1.807, 2.05) is 0 Å². The van der Waals surface area contributed by atoms with Gasteiger partial charge in [-0.25, -0.2) is 4.79 Å². The number of aromatic nitrogens is 2. The van der Waals surface area contributed by atoms with E-state index in [4.69, 9.17) is 24.3 Å². The molecule has 1 aromatic heterocycles. The van der Waals surface area contributed by atoms with E-state index in [2.05, 4.69) is 10.3 Å². The summed E-state index contributed by atoms with van der Waals surface area (Å²) in [6.07, 6.45) is -5.03. The Morgan fingerprint density at radius 3 is 2.83 bits per heavy atom. The molecule has 3 rings (SSSR count). The maximum atomic E-state index is 15.0. The Bertz CT molecular complexity index is 912. The number of nitrogens with one attached hydrogen (secondary N) is 1. The number of carbonyl (C=O) groups excluding carboxylic acids is 1. The van der Waals surface area contributed by atoms with Crippen LogP contribution in [0.4, 0.5) is 14.6 Å². The van der Waals surface area contributed by atoms with Crippen molar-refractivity contribution in [2.75, 3.05) is 18.6 Å². The van der Waals surface area contributed by atoms with E-state index in [9.17, 15) is 22.9 Å². The monoisotopic (exact) mass is 452 g/mol. The van der Waals surface area contributed by atoms with Gasteiger partial charge in [0, 0.05) is 6.20 Å². The fourth-order valence-corrected chi connectivity index (χ4v) is 4.70. The van der Waals surface area contributed by atoms with Crippen LogP contribution in [-0.4, -0.2) is 58.7 Å². The van der Waals surface area contributed by atoms with Crippen molar-refractivity contribution in [1.82, 2.24) is 14.9 Å². The highest BCUT2D eigenvalue weighted by atomic mass is 31.2. The highest BCUT2D eigenvalue weighted by Crippen LogP contribution is 2.58. The summed E-state index contributed by atoms with van der Waals surface area (Å²) in [6, 6.07) is 0.308. The van der Waals surface area contributed by atoms with Gasteiger partial charge < -0.3 is 19.7 Å². The number of esters is 1. The van der Waals surface area contributed by atoms with E-state index in [1.54, 1.807) is 13.8 Å². The highest BCUT2D eigenvalue weighted by molar-refractivity contribution is 7.53. The highest BCUT2D eigenvalue weighted by Gasteiger charge is 2.64. The normalized spacial score (nSPS) is 31.3. The Balaban J connectivity index is 1.71. The fourth-order valence-electron chi connectivity index (χ4n) is 2.98. The topological polar surface area (TPSA) is 144 Å². The number of nitrogen functional groups attached to an aromatic ring is 1. The standard InChI is InChI=1S/C16H23F2N4O7P/c1-8(2)27-13(23)9(3)20-7-30(25)26-6-10-12(29-30)16(17,18)14(28-10)22-5-4-11(19)21-15(22)24/h4-5,8-10,12,14,20H,6-7H2,1-3H3,(H2,19,21,24)/t9-,10+,12+,14+,30?/m0/s1. The first kappa shape index (κ1) is 22.8. The molecule has 0 saturated carbocycles. The first-order valence-electron chi connectivity index (χ1n) is 9.17. The zero-order chi connectivity index (χ0) is 22.3. The molecule has 2 saturated heterocycles. The third-order valence-electron chi connectivity index (χ3n) is 4.46. The summed E-state index contributed by atoms with van der Waals surface area (Å²) in [4.78, 5) is 27.2. The molecule has 5 atom stereocenters. The molecule has 2 aliphatic rings. The second-order valence-electron chi connectivity index (χ2n) is 7.25. The number of halogens is 2. The zero-order valence-electron chi connectivity index (χ0n) is 16.5. The molecule has 1 unspecified atom stereocenters. The van der Waals surface area contributed by atoms with Gasteiger partial charge in [0.25, 0.3) is 0 Å². The molecule has 3 N–H and O–H groups in total. The summed E-state index contributed by atoms with van der Waals surface area (Å²) in [5, 5.41) is 2.61. The van der Waals surface area contributed by atoms with Crippen molar-refractivity contribution in [1.29, 1.82) is 0 Å². The predicted molar refractivity (Wildman–Crippen MR) is 98.9 cm³/mol. The molecule has 0 bridgehead atoms.